The molecule has 3 heterocycles. The quantitative estimate of drug-likeness (QED) is 0.777. The van der Waals surface area contributed by atoms with Gasteiger partial charge in [-0.25, -0.2) is 4.98 Å². The largest absolute Gasteiger partial charge is 0.349 e. The average Bonchev–Trinajstić information content (AvgIpc) is 3.22. The zero-order valence-electron chi connectivity index (χ0n) is 12.7. The highest BCUT2D eigenvalue weighted by molar-refractivity contribution is 7.29. The van der Waals surface area contributed by atoms with E-state index >= 15 is 0 Å². The zero-order valence-corrected chi connectivity index (χ0v) is 14.3. The number of amides is 1. The smallest absolute Gasteiger partial charge is 0.268 e. The molecule has 3 aromatic heterocycles. The Kier molecular flexibility index (Phi) is 4.12. The van der Waals surface area contributed by atoms with Crippen LogP contribution in [0.2, 0.25) is 0 Å². The fraction of sp³-hybridized carbons (Fsp3) is 0.357. The van der Waals surface area contributed by atoms with Gasteiger partial charge in [-0.15, -0.1) is 11.3 Å². The number of nitrogens with zero attached hydrogens (tertiary/aromatic N) is 4. The first-order valence-corrected chi connectivity index (χ1v) is 8.69. The molecule has 0 aromatic carbocycles. The van der Waals surface area contributed by atoms with Crippen molar-refractivity contribution in [3.8, 4) is 0 Å². The SMILES string of the molecule is CCN(CC)c1nc2sc(C(=O)N(C)c3cn[nH]c3)cc2s1. The molecule has 0 saturated heterocycles. The van der Waals surface area contributed by atoms with Gasteiger partial charge in [-0.05, 0) is 19.9 Å². The Morgan fingerprint density at radius 1 is 1.32 bits per heavy atom. The van der Waals surface area contributed by atoms with Crippen LogP contribution in [-0.2, 0) is 0 Å². The summed E-state index contributed by atoms with van der Waals surface area (Å²) in [5, 5.41) is 7.61. The zero-order chi connectivity index (χ0) is 15.7. The number of anilines is 2. The fourth-order valence-electron chi connectivity index (χ4n) is 2.17. The van der Waals surface area contributed by atoms with Crippen LogP contribution in [0.15, 0.2) is 18.5 Å². The molecule has 3 aromatic rings. The maximum absolute atomic E-state index is 12.5. The summed E-state index contributed by atoms with van der Waals surface area (Å²) in [5.41, 5.74) is 0.749. The summed E-state index contributed by atoms with van der Waals surface area (Å²) in [6, 6.07) is 1.93. The number of H-pyrrole nitrogens is 1. The van der Waals surface area contributed by atoms with Crippen LogP contribution in [0.5, 0.6) is 0 Å². The van der Waals surface area contributed by atoms with Crippen molar-refractivity contribution < 1.29 is 4.79 Å². The third kappa shape index (κ3) is 2.59. The van der Waals surface area contributed by atoms with Gasteiger partial charge < -0.3 is 9.80 Å². The summed E-state index contributed by atoms with van der Waals surface area (Å²) in [4.78, 5) is 22.6. The molecule has 0 fully saturated rings. The van der Waals surface area contributed by atoms with E-state index in [1.54, 1.807) is 35.7 Å². The van der Waals surface area contributed by atoms with Gasteiger partial charge in [-0.2, -0.15) is 5.10 Å². The summed E-state index contributed by atoms with van der Waals surface area (Å²) < 4.78 is 1.07. The van der Waals surface area contributed by atoms with Crippen molar-refractivity contribution in [1.29, 1.82) is 0 Å². The third-order valence-corrected chi connectivity index (χ3v) is 5.71. The molecule has 0 aliphatic heterocycles. The summed E-state index contributed by atoms with van der Waals surface area (Å²) in [7, 11) is 1.75. The van der Waals surface area contributed by atoms with E-state index in [0.29, 0.717) is 4.88 Å². The lowest BCUT2D eigenvalue weighted by molar-refractivity contribution is 0.0997. The highest BCUT2D eigenvalue weighted by Gasteiger charge is 2.19. The monoisotopic (exact) mass is 335 g/mol. The van der Waals surface area contributed by atoms with Gasteiger partial charge in [0.25, 0.3) is 5.91 Å². The maximum Gasteiger partial charge on any atom is 0.268 e. The molecular weight excluding hydrogens is 318 g/mol. The predicted molar refractivity (Wildman–Crippen MR) is 92.4 cm³/mol. The molecule has 22 heavy (non-hydrogen) atoms. The van der Waals surface area contributed by atoms with E-state index in [-0.39, 0.29) is 5.91 Å². The topological polar surface area (TPSA) is 65.1 Å². The molecule has 6 nitrogen and oxygen atoms in total. The van der Waals surface area contributed by atoms with E-state index in [9.17, 15) is 4.79 Å². The van der Waals surface area contributed by atoms with Crippen LogP contribution >= 0.6 is 22.7 Å². The fourth-order valence-corrected chi connectivity index (χ4v) is 4.48. The number of aromatic amines is 1. The van der Waals surface area contributed by atoms with Gasteiger partial charge in [0.1, 0.15) is 4.83 Å². The van der Waals surface area contributed by atoms with Crippen molar-refractivity contribution in [2.75, 3.05) is 29.9 Å². The summed E-state index contributed by atoms with van der Waals surface area (Å²) >= 11 is 3.08. The van der Waals surface area contributed by atoms with Crippen LogP contribution in [0.4, 0.5) is 10.8 Å². The third-order valence-electron chi connectivity index (χ3n) is 3.50. The molecular formula is C14H17N5OS2. The maximum atomic E-state index is 12.5. The highest BCUT2D eigenvalue weighted by Crippen LogP contribution is 2.35. The Labute approximate surface area is 136 Å². The molecule has 3 rings (SSSR count). The Bertz CT molecular complexity index is 741. The summed E-state index contributed by atoms with van der Waals surface area (Å²) in [6.45, 7) is 6.11. The second kappa shape index (κ2) is 6.05. The van der Waals surface area contributed by atoms with Crippen LogP contribution in [0.3, 0.4) is 0 Å². The molecule has 0 bridgehead atoms. The Morgan fingerprint density at radius 3 is 2.68 bits per heavy atom. The number of thiophene rings is 1. The standard InChI is InChI=1S/C14H17N5OS2/c1-4-19(5-2)14-17-12-10(22-14)6-11(21-12)13(20)18(3)9-7-15-16-8-9/h6-8H,4-5H2,1-3H3,(H,15,16). The van der Waals surface area contributed by atoms with Gasteiger partial charge >= 0.3 is 0 Å². The molecule has 0 aliphatic rings. The number of hydrogen-bond donors (Lipinski definition) is 1. The number of nitrogens with one attached hydrogen (secondary N) is 1. The van der Waals surface area contributed by atoms with E-state index in [1.807, 2.05) is 6.07 Å². The van der Waals surface area contributed by atoms with Gasteiger partial charge in [-0.1, -0.05) is 11.3 Å². The van der Waals surface area contributed by atoms with Gasteiger partial charge in [0.2, 0.25) is 0 Å². The van der Waals surface area contributed by atoms with E-state index in [2.05, 4.69) is 33.9 Å². The van der Waals surface area contributed by atoms with Crippen molar-refractivity contribution in [2.45, 2.75) is 13.8 Å². The van der Waals surface area contributed by atoms with Gasteiger partial charge in [-0.3, -0.25) is 9.89 Å². The number of aromatic nitrogens is 3. The first-order chi connectivity index (χ1) is 10.6. The van der Waals surface area contributed by atoms with E-state index < -0.39 is 0 Å². The molecule has 1 N–H and O–H groups in total. The number of carbonyl (C=O) groups is 1. The molecule has 0 atom stereocenters. The van der Waals surface area contributed by atoms with Crippen LogP contribution in [0, 0.1) is 0 Å². The average molecular weight is 335 g/mol. The number of rotatable bonds is 5. The molecule has 0 saturated carbocycles. The number of carbonyl (C=O) groups excluding carboxylic acids is 1. The van der Waals surface area contributed by atoms with E-state index in [1.165, 1.54) is 11.3 Å². The molecule has 0 radical (unpaired) electrons. The summed E-state index contributed by atoms with van der Waals surface area (Å²) in [6.07, 6.45) is 3.33. The minimum atomic E-state index is -0.0408. The number of thiazole rings is 1. The van der Waals surface area contributed by atoms with Crippen molar-refractivity contribution in [1.82, 2.24) is 15.2 Å². The molecule has 8 heteroatoms. The normalized spacial score (nSPS) is 11.0. The van der Waals surface area contributed by atoms with Crippen LogP contribution < -0.4 is 9.80 Å². The van der Waals surface area contributed by atoms with Crippen LogP contribution in [0.1, 0.15) is 23.5 Å². The Balaban J connectivity index is 1.86. The predicted octanol–water partition coefficient (Wildman–Crippen LogP) is 3.20. The molecule has 0 aliphatic carbocycles. The van der Waals surface area contributed by atoms with Crippen LogP contribution in [-0.4, -0.2) is 41.2 Å². The Hall–Kier alpha value is -1.93. The first kappa shape index (κ1) is 15.0. The number of hydrogen-bond acceptors (Lipinski definition) is 6. The van der Waals surface area contributed by atoms with Gasteiger partial charge in [0.15, 0.2) is 5.13 Å². The van der Waals surface area contributed by atoms with Crippen molar-refractivity contribution >= 4 is 48.9 Å². The number of fused-ring (bicyclic) bond motifs is 1. The summed E-state index contributed by atoms with van der Waals surface area (Å²) in [5.74, 6) is -0.0408. The van der Waals surface area contributed by atoms with Crippen molar-refractivity contribution in [3.05, 3.63) is 23.3 Å². The lowest BCUT2D eigenvalue weighted by Gasteiger charge is -2.16. The lowest BCUT2D eigenvalue weighted by Crippen LogP contribution is -2.24. The van der Waals surface area contributed by atoms with E-state index in [4.69, 9.17) is 0 Å². The molecule has 0 unspecified atom stereocenters. The molecule has 1 amide bonds. The van der Waals surface area contributed by atoms with Gasteiger partial charge in [0.05, 0.1) is 21.5 Å². The van der Waals surface area contributed by atoms with Crippen LogP contribution in [0.25, 0.3) is 9.53 Å². The van der Waals surface area contributed by atoms with E-state index in [0.717, 1.165) is 33.4 Å². The molecule has 0 spiro atoms. The lowest BCUT2D eigenvalue weighted by atomic mass is 10.4. The highest BCUT2D eigenvalue weighted by atomic mass is 32.1. The Morgan fingerprint density at radius 2 is 2.09 bits per heavy atom. The van der Waals surface area contributed by atoms with Crippen molar-refractivity contribution in [2.24, 2.45) is 0 Å². The van der Waals surface area contributed by atoms with Crippen molar-refractivity contribution in [3.63, 3.8) is 0 Å². The minimum Gasteiger partial charge on any atom is -0.349 e. The second-order valence-corrected chi connectivity index (χ2v) is 6.81. The van der Waals surface area contributed by atoms with Gasteiger partial charge in [0, 0.05) is 26.3 Å². The first-order valence-electron chi connectivity index (χ1n) is 7.06. The molecule has 116 valence electrons. The second-order valence-electron chi connectivity index (χ2n) is 4.77. The minimum absolute atomic E-state index is 0.0408.